The molecule has 1 atom stereocenters. The first-order chi connectivity index (χ1) is 8.36. The topological polar surface area (TPSA) is 49.4 Å². The Morgan fingerprint density at radius 2 is 1.89 bits per heavy atom. The average molecular weight is 276 g/mol. The van der Waals surface area contributed by atoms with Gasteiger partial charge in [-0.1, -0.05) is 20.8 Å². The molecule has 1 rings (SSSR count). The summed E-state index contributed by atoms with van der Waals surface area (Å²) in [5.74, 6) is 0.271. The van der Waals surface area contributed by atoms with Crippen LogP contribution in [-0.4, -0.2) is 56.5 Å². The molecule has 0 amide bonds. The first kappa shape index (κ1) is 15.9. The molecule has 1 aliphatic heterocycles. The first-order valence-electron chi connectivity index (χ1n) is 7.02. The Kier molecular flexibility index (Phi) is 5.62. The van der Waals surface area contributed by atoms with E-state index in [9.17, 15) is 8.42 Å². The van der Waals surface area contributed by atoms with Gasteiger partial charge in [-0.3, -0.25) is 4.90 Å². The summed E-state index contributed by atoms with van der Waals surface area (Å²) >= 11 is 0. The van der Waals surface area contributed by atoms with Gasteiger partial charge in [0, 0.05) is 37.5 Å². The molecule has 1 aliphatic rings. The van der Waals surface area contributed by atoms with Crippen molar-refractivity contribution in [1.82, 2.24) is 10.2 Å². The fraction of sp³-hybridized carbons (Fsp3) is 1.00. The number of hydrogen-bond donors (Lipinski definition) is 1. The molecule has 0 bridgehead atoms. The lowest BCUT2D eigenvalue weighted by Crippen LogP contribution is -2.64. The Bertz CT molecular complexity index is 350. The van der Waals surface area contributed by atoms with Crippen molar-refractivity contribution >= 4 is 9.84 Å². The van der Waals surface area contributed by atoms with Crippen molar-refractivity contribution in [2.45, 2.75) is 51.6 Å². The Hall–Kier alpha value is -0.130. The van der Waals surface area contributed by atoms with E-state index in [-0.39, 0.29) is 11.3 Å². The van der Waals surface area contributed by atoms with Crippen LogP contribution in [0, 0.1) is 0 Å². The van der Waals surface area contributed by atoms with Crippen molar-refractivity contribution in [3.8, 4) is 0 Å². The van der Waals surface area contributed by atoms with Crippen molar-refractivity contribution in [3.05, 3.63) is 0 Å². The molecule has 0 aliphatic carbocycles. The third-order valence-electron chi connectivity index (χ3n) is 4.31. The summed E-state index contributed by atoms with van der Waals surface area (Å²) < 4.78 is 22.7. The van der Waals surface area contributed by atoms with Gasteiger partial charge >= 0.3 is 0 Å². The average Bonchev–Trinajstić information content (AvgIpc) is 2.35. The van der Waals surface area contributed by atoms with Gasteiger partial charge in [0.2, 0.25) is 0 Å². The second-order valence-electron chi connectivity index (χ2n) is 5.53. The maximum atomic E-state index is 11.3. The largest absolute Gasteiger partial charge is 0.308 e. The SMILES string of the molecule is CCC1CNC(CC)(CC)CN1CCS(C)(=O)=O. The fourth-order valence-electron chi connectivity index (χ4n) is 2.71. The summed E-state index contributed by atoms with van der Waals surface area (Å²) in [6.07, 6.45) is 4.58. The molecule has 0 radical (unpaired) electrons. The quantitative estimate of drug-likeness (QED) is 0.794. The van der Waals surface area contributed by atoms with E-state index >= 15 is 0 Å². The van der Waals surface area contributed by atoms with Gasteiger partial charge in [-0.25, -0.2) is 8.42 Å². The number of nitrogens with zero attached hydrogens (tertiary/aromatic N) is 1. The van der Waals surface area contributed by atoms with Crippen LogP contribution in [0.2, 0.25) is 0 Å². The molecule has 0 saturated carbocycles. The Labute approximate surface area is 112 Å². The zero-order valence-corrected chi connectivity index (χ0v) is 13.0. The van der Waals surface area contributed by atoms with Gasteiger partial charge in [-0.2, -0.15) is 0 Å². The predicted octanol–water partition coefficient (Wildman–Crippen LogP) is 1.27. The maximum absolute atomic E-state index is 11.3. The standard InChI is InChI=1S/C13H28N2O2S/c1-5-12-10-14-13(6-2,7-3)11-15(12)8-9-18(4,16)17/h12,14H,5-11H2,1-4H3. The van der Waals surface area contributed by atoms with Crippen molar-refractivity contribution in [1.29, 1.82) is 0 Å². The molecule has 108 valence electrons. The number of rotatable bonds is 6. The normalized spacial score (nSPS) is 25.2. The zero-order chi connectivity index (χ0) is 13.8. The molecule has 0 aromatic carbocycles. The Balaban J connectivity index is 2.70. The van der Waals surface area contributed by atoms with Crippen LogP contribution in [0.5, 0.6) is 0 Å². The van der Waals surface area contributed by atoms with Crippen LogP contribution in [0.25, 0.3) is 0 Å². The number of nitrogens with one attached hydrogen (secondary N) is 1. The molecule has 1 saturated heterocycles. The molecular weight excluding hydrogens is 248 g/mol. The molecule has 0 aromatic heterocycles. The molecule has 1 N–H and O–H groups in total. The minimum absolute atomic E-state index is 0.170. The molecule has 1 heterocycles. The van der Waals surface area contributed by atoms with Crippen LogP contribution in [0.4, 0.5) is 0 Å². The van der Waals surface area contributed by atoms with Gasteiger partial charge in [-0.05, 0) is 19.3 Å². The van der Waals surface area contributed by atoms with Crippen LogP contribution in [0.15, 0.2) is 0 Å². The molecule has 1 unspecified atom stereocenters. The summed E-state index contributed by atoms with van der Waals surface area (Å²) in [6, 6.07) is 0.470. The van der Waals surface area contributed by atoms with Crippen LogP contribution in [-0.2, 0) is 9.84 Å². The summed E-state index contributed by atoms with van der Waals surface area (Å²) in [4.78, 5) is 2.37. The van der Waals surface area contributed by atoms with E-state index in [0.29, 0.717) is 12.6 Å². The van der Waals surface area contributed by atoms with Crippen molar-refractivity contribution in [2.24, 2.45) is 0 Å². The lowest BCUT2D eigenvalue weighted by molar-refractivity contribution is 0.0760. The highest BCUT2D eigenvalue weighted by molar-refractivity contribution is 7.90. The Morgan fingerprint density at radius 1 is 1.28 bits per heavy atom. The maximum Gasteiger partial charge on any atom is 0.148 e. The van der Waals surface area contributed by atoms with E-state index in [1.54, 1.807) is 0 Å². The lowest BCUT2D eigenvalue weighted by Gasteiger charge is -2.47. The number of hydrogen-bond acceptors (Lipinski definition) is 4. The van der Waals surface area contributed by atoms with Crippen molar-refractivity contribution in [3.63, 3.8) is 0 Å². The van der Waals surface area contributed by atoms with E-state index in [0.717, 1.165) is 32.4 Å². The Morgan fingerprint density at radius 3 is 2.33 bits per heavy atom. The summed E-state index contributed by atoms with van der Waals surface area (Å²) in [5.41, 5.74) is 0.170. The minimum atomic E-state index is -2.87. The van der Waals surface area contributed by atoms with E-state index in [1.165, 1.54) is 6.26 Å². The zero-order valence-electron chi connectivity index (χ0n) is 12.2. The van der Waals surface area contributed by atoms with Gasteiger partial charge < -0.3 is 5.32 Å². The molecule has 0 aromatic rings. The second-order valence-corrected chi connectivity index (χ2v) is 7.79. The molecule has 0 spiro atoms. The first-order valence-corrected chi connectivity index (χ1v) is 9.08. The van der Waals surface area contributed by atoms with Crippen molar-refractivity contribution in [2.75, 3.05) is 31.6 Å². The summed E-state index contributed by atoms with van der Waals surface area (Å²) in [6.45, 7) is 9.19. The molecule has 18 heavy (non-hydrogen) atoms. The van der Waals surface area contributed by atoms with E-state index in [4.69, 9.17) is 0 Å². The van der Waals surface area contributed by atoms with Gasteiger partial charge in [0.25, 0.3) is 0 Å². The smallest absolute Gasteiger partial charge is 0.148 e. The summed E-state index contributed by atoms with van der Waals surface area (Å²) in [7, 11) is -2.87. The lowest BCUT2D eigenvalue weighted by atomic mass is 9.88. The molecule has 5 heteroatoms. The van der Waals surface area contributed by atoms with Gasteiger partial charge in [-0.15, -0.1) is 0 Å². The number of sulfone groups is 1. The van der Waals surface area contributed by atoms with E-state index in [1.807, 2.05) is 0 Å². The summed E-state index contributed by atoms with van der Waals surface area (Å²) in [5, 5.41) is 3.67. The minimum Gasteiger partial charge on any atom is -0.308 e. The van der Waals surface area contributed by atoms with Gasteiger partial charge in [0.15, 0.2) is 0 Å². The van der Waals surface area contributed by atoms with Crippen LogP contribution >= 0.6 is 0 Å². The van der Waals surface area contributed by atoms with E-state index in [2.05, 4.69) is 31.0 Å². The van der Waals surface area contributed by atoms with Crippen molar-refractivity contribution < 1.29 is 8.42 Å². The third-order valence-corrected chi connectivity index (χ3v) is 5.23. The van der Waals surface area contributed by atoms with Crippen LogP contribution in [0.1, 0.15) is 40.0 Å². The second kappa shape index (κ2) is 6.35. The fourth-order valence-corrected chi connectivity index (χ4v) is 3.27. The highest BCUT2D eigenvalue weighted by Gasteiger charge is 2.35. The monoisotopic (exact) mass is 276 g/mol. The predicted molar refractivity (Wildman–Crippen MR) is 76.7 cm³/mol. The van der Waals surface area contributed by atoms with Crippen LogP contribution in [0.3, 0.4) is 0 Å². The van der Waals surface area contributed by atoms with Gasteiger partial charge in [0.05, 0.1) is 5.75 Å². The molecular formula is C13H28N2O2S. The van der Waals surface area contributed by atoms with Crippen LogP contribution < -0.4 is 5.32 Å². The highest BCUT2D eigenvalue weighted by atomic mass is 32.2. The molecule has 4 nitrogen and oxygen atoms in total. The highest BCUT2D eigenvalue weighted by Crippen LogP contribution is 2.23. The third kappa shape index (κ3) is 4.21. The molecule has 1 fully saturated rings. The van der Waals surface area contributed by atoms with E-state index < -0.39 is 9.84 Å². The number of piperazine rings is 1. The van der Waals surface area contributed by atoms with Gasteiger partial charge in [0.1, 0.15) is 9.84 Å².